The van der Waals surface area contributed by atoms with E-state index in [1.165, 1.54) is 0 Å². The number of imide groups is 1. The highest BCUT2D eigenvalue weighted by Crippen LogP contribution is 2.41. The predicted octanol–water partition coefficient (Wildman–Crippen LogP) is 2.22. The third-order valence-corrected chi connectivity index (χ3v) is 6.12. The monoisotopic (exact) mass is 402 g/mol. The normalized spacial score (nSPS) is 20.1. The van der Waals surface area contributed by atoms with E-state index in [1.807, 2.05) is 54.7 Å². The average Bonchev–Trinajstić information content (AvgIpc) is 3.40. The molecule has 3 aromatic rings. The van der Waals surface area contributed by atoms with E-state index in [4.69, 9.17) is 0 Å². The summed E-state index contributed by atoms with van der Waals surface area (Å²) in [5.74, 6) is -0.689. The zero-order chi connectivity index (χ0) is 20.7. The predicted molar refractivity (Wildman–Crippen MR) is 112 cm³/mol. The zero-order valence-electron chi connectivity index (χ0n) is 16.4. The van der Waals surface area contributed by atoms with Gasteiger partial charge in [0.1, 0.15) is 12.1 Å². The molecule has 1 atom stereocenters. The van der Waals surface area contributed by atoms with E-state index in [9.17, 15) is 14.4 Å². The van der Waals surface area contributed by atoms with Gasteiger partial charge in [0.05, 0.1) is 0 Å². The maximum atomic E-state index is 13.1. The summed E-state index contributed by atoms with van der Waals surface area (Å²) in [6.07, 6.45) is 3.85. The Labute approximate surface area is 173 Å². The highest BCUT2D eigenvalue weighted by molar-refractivity contribution is 6.09. The molecule has 30 heavy (non-hydrogen) atoms. The maximum absolute atomic E-state index is 13.1. The quantitative estimate of drug-likeness (QED) is 0.571. The lowest BCUT2D eigenvalue weighted by Gasteiger charge is -2.22. The molecule has 1 fully saturated rings. The summed E-state index contributed by atoms with van der Waals surface area (Å²) in [4.78, 5) is 42.3. The number of hydrogen-bond donors (Lipinski definition) is 3. The third-order valence-electron chi connectivity index (χ3n) is 6.12. The van der Waals surface area contributed by atoms with Crippen LogP contribution in [0.1, 0.15) is 23.1 Å². The summed E-state index contributed by atoms with van der Waals surface area (Å²) in [5.41, 5.74) is 3.04. The molecule has 2 aliphatic rings. The number of aromatic nitrogens is 1. The van der Waals surface area contributed by atoms with Crippen LogP contribution in [-0.2, 0) is 28.0 Å². The summed E-state index contributed by atoms with van der Waals surface area (Å²) < 4.78 is 0. The molecule has 1 aliphatic carbocycles. The molecule has 1 aromatic heterocycles. The van der Waals surface area contributed by atoms with Gasteiger partial charge in [-0.15, -0.1) is 0 Å². The Morgan fingerprint density at radius 1 is 1.10 bits per heavy atom. The van der Waals surface area contributed by atoms with Crippen molar-refractivity contribution in [2.24, 2.45) is 0 Å². The summed E-state index contributed by atoms with van der Waals surface area (Å²) in [5, 5.41) is 6.80. The molecule has 152 valence electrons. The minimum atomic E-state index is -1.03. The van der Waals surface area contributed by atoms with Gasteiger partial charge in [-0.05, 0) is 42.0 Å². The first-order valence-electron chi connectivity index (χ1n) is 10.1. The van der Waals surface area contributed by atoms with Crippen LogP contribution < -0.4 is 10.6 Å². The number of nitrogens with one attached hydrogen (secondary N) is 3. The molecule has 7 heteroatoms. The number of benzene rings is 2. The molecule has 4 amide bonds. The highest BCUT2D eigenvalue weighted by Gasteiger charge is 2.55. The first kappa shape index (κ1) is 18.4. The molecule has 0 saturated carbocycles. The molecule has 2 aromatic carbocycles. The Hall–Kier alpha value is -3.61. The van der Waals surface area contributed by atoms with Crippen LogP contribution in [0.5, 0.6) is 0 Å². The van der Waals surface area contributed by atoms with Gasteiger partial charge in [-0.2, -0.15) is 0 Å². The van der Waals surface area contributed by atoms with Gasteiger partial charge in [-0.25, -0.2) is 4.79 Å². The van der Waals surface area contributed by atoms with Crippen molar-refractivity contribution in [3.63, 3.8) is 0 Å². The lowest BCUT2D eigenvalue weighted by Crippen LogP contribution is -2.44. The highest BCUT2D eigenvalue weighted by atomic mass is 16.2. The smallest absolute Gasteiger partial charge is 0.325 e. The van der Waals surface area contributed by atoms with E-state index in [1.54, 1.807) is 0 Å². The van der Waals surface area contributed by atoms with E-state index in [0.717, 1.165) is 38.9 Å². The average molecular weight is 402 g/mol. The molecular formula is C23H22N4O3. The molecule has 0 unspecified atom stereocenters. The fraction of sp³-hybridized carbons (Fsp3) is 0.261. The van der Waals surface area contributed by atoms with Crippen molar-refractivity contribution in [1.29, 1.82) is 0 Å². The van der Waals surface area contributed by atoms with Gasteiger partial charge in [0.2, 0.25) is 5.91 Å². The summed E-state index contributed by atoms with van der Waals surface area (Å²) >= 11 is 0. The van der Waals surface area contributed by atoms with Crippen molar-refractivity contribution in [3.8, 4) is 0 Å². The summed E-state index contributed by atoms with van der Waals surface area (Å²) in [6, 6.07) is 15.1. The van der Waals surface area contributed by atoms with Crippen molar-refractivity contribution in [2.75, 3.05) is 13.1 Å². The van der Waals surface area contributed by atoms with Crippen LogP contribution in [0.25, 0.3) is 10.9 Å². The fourth-order valence-corrected chi connectivity index (χ4v) is 4.61. The standard InChI is InChI=1S/C23H22N4O3/c28-20(24-12-10-16-13-25-19-8-4-2-6-17(16)19)14-27-21(29)23(26-22(27)30)11-9-15-5-1-3-7-18(15)23/h1-8,13,25H,9-12,14H2,(H,24,28)(H,26,30)/t23-/m0/s1. The molecule has 1 saturated heterocycles. The van der Waals surface area contributed by atoms with Gasteiger partial charge in [-0.3, -0.25) is 14.5 Å². The largest absolute Gasteiger partial charge is 0.361 e. The number of rotatable bonds is 5. The number of carbonyl (C=O) groups excluding carboxylic acids is 3. The van der Waals surface area contributed by atoms with Crippen LogP contribution in [0.4, 0.5) is 4.79 Å². The summed E-state index contributed by atoms with van der Waals surface area (Å²) in [6.45, 7) is 0.154. The molecule has 1 spiro atoms. The van der Waals surface area contributed by atoms with Crippen molar-refractivity contribution >= 4 is 28.7 Å². The van der Waals surface area contributed by atoms with Gasteiger partial charge in [-0.1, -0.05) is 42.5 Å². The first-order valence-corrected chi connectivity index (χ1v) is 10.1. The topological polar surface area (TPSA) is 94.3 Å². The lowest BCUT2D eigenvalue weighted by atomic mass is 9.92. The number of hydrogen-bond acceptors (Lipinski definition) is 3. The second-order valence-electron chi connectivity index (χ2n) is 7.84. The van der Waals surface area contributed by atoms with Crippen molar-refractivity contribution < 1.29 is 14.4 Å². The van der Waals surface area contributed by atoms with Crippen molar-refractivity contribution in [1.82, 2.24) is 20.5 Å². The Bertz CT molecular complexity index is 1170. The van der Waals surface area contributed by atoms with Gasteiger partial charge in [0, 0.05) is 23.6 Å². The van der Waals surface area contributed by atoms with Crippen molar-refractivity contribution in [3.05, 3.63) is 71.4 Å². The zero-order valence-corrected chi connectivity index (χ0v) is 16.4. The van der Waals surface area contributed by atoms with E-state index in [2.05, 4.69) is 15.6 Å². The Morgan fingerprint density at radius 2 is 1.90 bits per heavy atom. The number of aryl methyl sites for hydroxylation is 1. The number of amides is 4. The molecular weight excluding hydrogens is 380 g/mol. The number of aromatic amines is 1. The van der Waals surface area contributed by atoms with E-state index in [0.29, 0.717) is 19.4 Å². The Kier molecular flexibility index (Phi) is 4.31. The molecule has 2 heterocycles. The summed E-state index contributed by atoms with van der Waals surface area (Å²) in [7, 11) is 0. The first-order chi connectivity index (χ1) is 14.6. The van der Waals surface area contributed by atoms with Crippen molar-refractivity contribution in [2.45, 2.75) is 24.8 Å². The minimum absolute atomic E-state index is 0.275. The van der Waals surface area contributed by atoms with Crippen LogP contribution >= 0.6 is 0 Å². The molecule has 0 bridgehead atoms. The second-order valence-corrected chi connectivity index (χ2v) is 7.84. The van der Waals surface area contributed by atoms with E-state index in [-0.39, 0.29) is 18.4 Å². The number of carbonyl (C=O) groups is 3. The molecule has 1 aliphatic heterocycles. The third kappa shape index (κ3) is 2.85. The van der Waals surface area contributed by atoms with Crippen LogP contribution in [0.2, 0.25) is 0 Å². The second kappa shape index (κ2) is 7.02. The molecule has 7 nitrogen and oxygen atoms in total. The fourth-order valence-electron chi connectivity index (χ4n) is 4.61. The number of fused-ring (bicyclic) bond motifs is 3. The molecule has 5 rings (SSSR count). The Morgan fingerprint density at radius 3 is 2.80 bits per heavy atom. The number of nitrogens with zero attached hydrogens (tertiary/aromatic N) is 1. The van der Waals surface area contributed by atoms with Gasteiger partial charge in [0.25, 0.3) is 5.91 Å². The van der Waals surface area contributed by atoms with Gasteiger partial charge >= 0.3 is 6.03 Å². The SMILES string of the molecule is O=C(CN1C(=O)N[C@]2(CCc3ccccc32)C1=O)NCCc1c[nH]c2ccccc12. The number of H-pyrrole nitrogens is 1. The molecule has 3 N–H and O–H groups in total. The van der Waals surface area contributed by atoms with Gasteiger partial charge < -0.3 is 15.6 Å². The van der Waals surface area contributed by atoms with E-state index >= 15 is 0 Å². The van der Waals surface area contributed by atoms with Crippen LogP contribution in [0.15, 0.2) is 54.7 Å². The number of urea groups is 1. The van der Waals surface area contributed by atoms with E-state index < -0.39 is 11.6 Å². The van der Waals surface area contributed by atoms with Crippen LogP contribution in [0, 0.1) is 0 Å². The Balaban J connectivity index is 1.22. The minimum Gasteiger partial charge on any atom is -0.361 e. The molecule has 0 radical (unpaired) electrons. The lowest BCUT2D eigenvalue weighted by molar-refractivity contribution is -0.135. The van der Waals surface area contributed by atoms with Gasteiger partial charge in [0.15, 0.2) is 0 Å². The maximum Gasteiger partial charge on any atom is 0.325 e. The van der Waals surface area contributed by atoms with Crippen LogP contribution in [-0.4, -0.2) is 40.8 Å². The number of para-hydroxylation sites is 1. The van der Waals surface area contributed by atoms with Crippen LogP contribution in [0.3, 0.4) is 0 Å².